The van der Waals surface area contributed by atoms with Gasteiger partial charge >= 0.3 is 0 Å². The highest BCUT2D eigenvalue weighted by Gasteiger charge is 2.13. The molecule has 0 saturated carbocycles. The zero-order valence-corrected chi connectivity index (χ0v) is 11.1. The van der Waals surface area contributed by atoms with Gasteiger partial charge in [-0.3, -0.25) is 0 Å². The first-order chi connectivity index (χ1) is 8.15. The number of thiazole rings is 1. The number of aryl methyl sites for hydroxylation is 2. The van der Waals surface area contributed by atoms with Gasteiger partial charge in [-0.1, -0.05) is 11.6 Å². The van der Waals surface area contributed by atoms with Crippen molar-refractivity contribution in [1.82, 2.24) is 4.98 Å². The number of nitrogens with two attached hydrogens (primary N) is 1. The van der Waals surface area contributed by atoms with Gasteiger partial charge in [-0.15, -0.1) is 11.3 Å². The Labute approximate surface area is 105 Å². The molecule has 0 bridgehead atoms. The van der Waals surface area contributed by atoms with Crippen molar-refractivity contribution in [2.24, 2.45) is 5.73 Å². The van der Waals surface area contributed by atoms with E-state index in [9.17, 15) is 0 Å². The van der Waals surface area contributed by atoms with Gasteiger partial charge < -0.3 is 10.5 Å². The second-order valence-corrected chi connectivity index (χ2v) is 5.21. The molecule has 4 heteroatoms. The highest BCUT2D eigenvalue weighted by Crippen LogP contribution is 2.34. The highest BCUT2D eigenvalue weighted by molar-refractivity contribution is 7.12. The van der Waals surface area contributed by atoms with Crippen LogP contribution in [-0.4, -0.2) is 12.1 Å². The van der Waals surface area contributed by atoms with E-state index in [0.29, 0.717) is 6.54 Å². The summed E-state index contributed by atoms with van der Waals surface area (Å²) in [5.41, 5.74) is 8.85. The molecule has 1 aromatic carbocycles. The van der Waals surface area contributed by atoms with Crippen molar-refractivity contribution in [3.63, 3.8) is 0 Å². The average molecular weight is 248 g/mol. The molecule has 1 heterocycles. The van der Waals surface area contributed by atoms with E-state index in [0.717, 1.165) is 22.0 Å². The first-order valence-electron chi connectivity index (χ1n) is 5.47. The molecule has 0 radical (unpaired) electrons. The molecule has 0 atom stereocenters. The van der Waals surface area contributed by atoms with Crippen LogP contribution in [0.2, 0.25) is 0 Å². The van der Waals surface area contributed by atoms with Gasteiger partial charge in [0.2, 0.25) is 0 Å². The number of methoxy groups -OCH3 is 1. The number of ether oxygens (including phenoxy) is 1. The van der Waals surface area contributed by atoms with Crippen molar-refractivity contribution < 1.29 is 4.74 Å². The van der Waals surface area contributed by atoms with Crippen LogP contribution in [0.5, 0.6) is 5.75 Å². The van der Waals surface area contributed by atoms with Crippen LogP contribution in [0.4, 0.5) is 0 Å². The van der Waals surface area contributed by atoms with E-state index in [-0.39, 0.29) is 0 Å². The third-order valence-corrected chi connectivity index (χ3v) is 3.62. The van der Waals surface area contributed by atoms with E-state index in [1.165, 1.54) is 10.4 Å². The average Bonchev–Trinajstić information content (AvgIpc) is 2.70. The summed E-state index contributed by atoms with van der Waals surface area (Å²) in [4.78, 5) is 5.74. The standard InChI is InChI=1S/C13H16N2OS/c1-8-4-5-11(16-3)10(6-8)13-9(2)17-12(7-14)15-13/h4-6H,7,14H2,1-3H3. The molecule has 0 aliphatic heterocycles. The van der Waals surface area contributed by atoms with E-state index < -0.39 is 0 Å². The Hall–Kier alpha value is -1.39. The molecule has 2 rings (SSSR count). The number of nitrogens with zero attached hydrogens (tertiary/aromatic N) is 1. The SMILES string of the molecule is COc1ccc(C)cc1-c1nc(CN)sc1C. The maximum atomic E-state index is 5.63. The van der Waals surface area contributed by atoms with Gasteiger partial charge in [0.05, 0.1) is 12.8 Å². The Bertz CT molecular complexity index is 534. The minimum Gasteiger partial charge on any atom is -0.496 e. The van der Waals surface area contributed by atoms with Crippen molar-refractivity contribution in [1.29, 1.82) is 0 Å². The number of aromatic nitrogens is 1. The number of hydrogen-bond donors (Lipinski definition) is 1. The molecule has 3 nitrogen and oxygen atoms in total. The number of rotatable bonds is 3. The molecule has 0 amide bonds. The predicted octanol–water partition coefficient (Wildman–Crippen LogP) is 2.89. The zero-order chi connectivity index (χ0) is 12.4. The van der Waals surface area contributed by atoms with Gasteiger partial charge in [-0.2, -0.15) is 0 Å². The summed E-state index contributed by atoms with van der Waals surface area (Å²) in [5, 5.41) is 0.959. The molecule has 1 aromatic heterocycles. The van der Waals surface area contributed by atoms with Crippen LogP contribution in [0.3, 0.4) is 0 Å². The largest absolute Gasteiger partial charge is 0.496 e. The van der Waals surface area contributed by atoms with E-state index in [4.69, 9.17) is 10.5 Å². The molecule has 2 N–H and O–H groups in total. The lowest BCUT2D eigenvalue weighted by molar-refractivity contribution is 0.416. The van der Waals surface area contributed by atoms with Crippen LogP contribution >= 0.6 is 11.3 Å². The van der Waals surface area contributed by atoms with Crippen molar-refractivity contribution >= 4 is 11.3 Å². The number of benzene rings is 1. The van der Waals surface area contributed by atoms with E-state index in [2.05, 4.69) is 24.9 Å². The molecular weight excluding hydrogens is 232 g/mol. The van der Waals surface area contributed by atoms with Gasteiger partial charge in [0, 0.05) is 17.0 Å². The topological polar surface area (TPSA) is 48.1 Å². The summed E-state index contributed by atoms with van der Waals surface area (Å²) in [5.74, 6) is 0.854. The number of hydrogen-bond acceptors (Lipinski definition) is 4. The quantitative estimate of drug-likeness (QED) is 0.908. The third-order valence-electron chi connectivity index (χ3n) is 2.63. The van der Waals surface area contributed by atoms with Crippen molar-refractivity contribution in [2.75, 3.05) is 7.11 Å². The van der Waals surface area contributed by atoms with E-state index >= 15 is 0 Å². The summed E-state index contributed by atoms with van der Waals surface area (Å²) < 4.78 is 5.39. The van der Waals surface area contributed by atoms with Crippen LogP contribution in [0.25, 0.3) is 11.3 Å². The monoisotopic (exact) mass is 248 g/mol. The van der Waals surface area contributed by atoms with Crippen LogP contribution in [0.15, 0.2) is 18.2 Å². The summed E-state index contributed by atoms with van der Waals surface area (Å²) in [6.07, 6.45) is 0. The minimum absolute atomic E-state index is 0.486. The molecule has 90 valence electrons. The smallest absolute Gasteiger partial charge is 0.128 e. The fourth-order valence-electron chi connectivity index (χ4n) is 1.80. The molecule has 0 saturated heterocycles. The molecule has 0 aliphatic rings. The van der Waals surface area contributed by atoms with Crippen LogP contribution in [-0.2, 0) is 6.54 Å². The highest BCUT2D eigenvalue weighted by atomic mass is 32.1. The summed E-state index contributed by atoms with van der Waals surface area (Å²) in [7, 11) is 1.68. The van der Waals surface area contributed by atoms with Gasteiger partial charge in [0.25, 0.3) is 0 Å². The fraction of sp³-hybridized carbons (Fsp3) is 0.308. The normalized spacial score (nSPS) is 10.6. The summed E-state index contributed by atoms with van der Waals surface area (Å²) in [6, 6.07) is 6.11. The Balaban J connectivity index is 2.58. The van der Waals surface area contributed by atoms with Crippen molar-refractivity contribution in [2.45, 2.75) is 20.4 Å². The third kappa shape index (κ3) is 2.33. The van der Waals surface area contributed by atoms with Gasteiger partial charge in [-0.05, 0) is 26.0 Å². The Morgan fingerprint density at radius 3 is 2.71 bits per heavy atom. The van der Waals surface area contributed by atoms with Crippen molar-refractivity contribution in [3.05, 3.63) is 33.6 Å². The van der Waals surface area contributed by atoms with E-state index in [1.807, 2.05) is 12.1 Å². The molecular formula is C13H16N2OS. The maximum Gasteiger partial charge on any atom is 0.128 e. The van der Waals surface area contributed by atoms with Gasteiger partial charge in [0.15, 0.2) is 0 Å². The Morgan fingerprint density at radius 1 is 1.35 bits per heavy atom. The van der Waals surface area contributed by atoms with Gasteiger partial charge in [-0.25, -0.2) is 4.98 Å². The van der Waals surface area contributed by atoms with Crippen molar-refractivity contribution in [3.8, 4) is 17.0 Å². The van der Waals surface area contributed by atoms with Crippen LogP contribution in [0, 0.1) is 13.8 Å². The maximum absolute atomic E-state index is 5.63. The predicted molar refractivity (Wildman–Crippen MR) is 71.5 cm³/mol. The molecule has 0 spiro atoms. The zero-order valence-electron chi connectivity index (χ0n) is 10.3. The van der Waals surface area contributed by atoms with Crippen LogP contribution < -0.4 is 10.5 Å². The molecule has 2 aromatic rings. The fourth-order valence-corrected chi connectivity index (χ4v) is 2.62. The first kappa shape index (κ1) is 12.1. The molecule has 0 unspecified atom stereocenters. The molecule has 0 aliphatic carbocycles. The lowest BCUT2D eigenvalue weighted by atomic mass is 10.1. The second-order valence-electron chi connectivity index (χ2n) is 3.92. The Kier molecular flexibility index (Phi) is 3.45. The first-order valence-corrected chi connectivity index (χ1v) is 6.28. The lowest BCUT2D eigenvalue weighted by Gasteiger charge is -2.08. The Morgan fingerprint density at radius 2 is 2.12 bits per heavy atom. The lowest BCUT2D eigenvalue weighted by Crippen LogP contribution is -1.95. The molecule has 17 heavy (non-hydrogen) atoms. The summed E-state index contributed by atoms with van der Waals surface area (Å²) in [6.45, 7) is 4.61. The van der Waals surface area contributed by atoms with Gasteiger partial charge in [0.1, 0.15) is 10.8 Å². The summed E-state index contributed by atoms with van der Waals surface area (Å²) >= 11 is 1.64. The van der Waals surface area contributed by atoms with Crippen LogP contribution in [0.1, 0.15) is 15.4 Å². The second kappa shape index (κ2) is 4.85. The molecule has 0 fully saturated rings. The minimum atomic E-state index is 0.486. The van der Waals surface area contributed by atoms with E-state index in [1.54, 1.807) is 18.4 Å².